The number of para-hydroxylation sites is 4. The zero-order valence-electron chi connectivity index (χ0n) is 43.3. The fourth-order valence-corrected chi connectivity index (χ4v) is 10.4. The summed E-state index contributed by atoms with van der Waals surface area (Å²) in [6, 6.07) is 80.9. The Labute approximate surface area is 456 Å². The summed E-state index contributed by atoms with van der Waals surface area (Å²) >= 11 is 0. The third-order valence-corrected chi connectivity index (χ3v) is 14.4. The predicted octanol–water partition coefficient (Wildman–Crippen LogP) is 18.5. The molecule has 0 fully saturated rings. The Hall–Kier alpha value is -7.98. The molecule has 11 aromatic rings. The van der Waals surface area contributed by atoms with Gasteiger partial charge < -0.3 is 19.1 Å². The van der Waals surface area contributed by atoms with Crippen molar-refractivity contribution in [2.24, 2.45) is 0 Å². The molecule has 12 rings (SSSR count). The van der Waals surface area contributed by atoms with Gasteiger partial charge in [0, 0.05) is 78.0 Å². The minimum absolute atomic E-state index is 0. The van der Waals surface area contributed by atoms with Crippen LogP contribution in [0.4, 0.5) is 22.7 Å². The van der Waals surface area contributed by atoms with Crippen molar-refractivity contribution in [2.45, 2.75) is 59.3 Å². The summed E-state index contributed by atoms with van der Waals surface area (Å²) in [6.07, 6.45) is 2.00. The van der Waals surface area contributed by atoms with E-state index >= 15 is 0 Å². The maximum Gasteiger partial charge on any atom is 0.135 e. The van der Waals surface area contributed by atoms with Gasteiger partial charge in [-0.15, -0.1) is 48.1 Å². The molecular weight excluding hydrogens is 1100 g/mol. The Morgan fingerprint density at radius 1 is 0.467 bits per heavy atom. The summed E-state index contributed by atoms with van der Waals surface area (Å²) in [6.45, 7) is 17.9. The van der Waals surface area contributed by atoms with E-state index in [9.17, 15) is 0 Å². The van der Waals surface area contributed by atoms with Crippen molar-refractivity contribution in [1.29, 1.82) is 0 Å². The molecule has 6 heteroatoms. The molecule has 3 heterocycles. The van der Waals surface area contributed by atoms with Crippen molar-refractivity contribution < 1.29 is 25.8 Å². The standard InChI is InChI=1S/C69H57N4O.Pt/c1-46-40-66(70-44-61(46)49-32-36-53(37-33-49)69(5,6)7)73-62-27-12-11-24-59(62)60-39-38-56(43-65(60)73)74-55-23-16-22-54(42-55)71-45-72(64-29-14-13-28-63(64)71)67-57(48-30-34-52(35-31-48)68(2,3)4)25-17-26-58(67)51-21-15-20-50(41-51)47-18-9-8-10-19-47;/h8-41,44-45H,1-7H3;/q-3;. The monoisotopic (exact) mass is 1150 g/mol. The van der Waals surface area contributed by atoms with Gasteiger partial charge in [0.15, 0.2) is 0 Å². The Bertz CT molecular complexity index is 3880. The van der Waals surface area contributed by atoms with Gasteiger partial charge in [0.2, 0.25) is 0 Å². The summed E-state index contributed by atoms with van der Waals surface area (Å²) in [5.74, 6) is 2.00. The Morgan fingerprint density at radius 3 is 1.73 bits per heavy atom. The minimum Gasteiger partial charge on any atom is -0.509 e. The van der Waals surface area contributed by atoms with E-state index in [1.54, 1.807) is 0 Å². The van der Waals surface area contributed by atoms with E-state index in [1.807, 2.05) is 24.4 Å². The second kappa shape index (κ2) is 19.7. The third-order valence-electron chi connectivity index (χ3n) is 14.4. The summed E-state index contributed by atoms with van der Waals surface area (Å²) in [5, 5.41) is 2.20. The number of pyridine rings is 1. The first-order valence-electron chi connectivity index (χ1n) is 25.5. The van der Waals surface area contributed by atoms with Crippen molar-refractivity contribution in [1.82, 2.24) is 9.55 Å². The molecule has 0 spiro atoms. The molecule has 0 atom stereocenters. The van der Waals surface area contributed by atoms with E-state index in [0.29, 0.717) is 11.5 Å². The van der Waals surface area contributed by atoms with Crippen LogP contribution in [0.2, 0.25) is 0 Å². The summed E-state index contributed by atoms with van der Waals surface area (Å²) in [5.41, 5.74) is 19.0. The van der Waals surface area contributed by atoms with Gasteiger partial charge in [-0.3, -0.25) is 0 Å². The van der Waals surface area contributed by atoms with Gasteiger partial charge in [0.05, 0.1) is 0 Å². The fourth-order valence-electron chi connectivity index (χ4n) is 10.4. The van der Waals surface area contributed by atoms with Crippen LogP contribution < -0.4 is 14.5 Å². The molecule has 0 amide bonds. The molecule has 2 aromatic heterocycles. The van der Waals surface area contributed by atoms with Gasteiger partial charge in [-0.1, -0.05) is 193 Å². The molecule has 0 saturated heterocycles. The molecule has 0 aliphatic carbocycles. The summed E-state index contributed by atoms with van der Waals surface area (Å²) in [7, 11) is 0. The Balaban J connectivity index is 0.00000602. The summed E-state index contributed by atoms with van der Waals surface area (Å²) in [4.78, 5) is 9.66. The van der Waals surface area contributed by atoms with E-state index in [-0.39, 0.29) is 31.9 Å². The number of hydrogen-bond acceptors (Lipinski definition) is 4. The van der Waals surface area contributed by atoms with Crippen LogP contribution in [0, 0.1) is 25.7 Å². The fraction of sp³-hybridized carbons (Fsp3) is 0.130. The molecule has 5 nitrogen and oxygen atoms in total. The first-order valence-corrected chi connectivity index (χ1v) is 25.5. The number of benzene rings is 9. The number of nitrogens with zero attached hydrogens (tertiary/aromatic N) is 4. The number of fused-ring (bicyclic) bond motifs is 4. The molecule has 1 aliphatic rings. The average molecular weight is 1150 g/mol. The molecule has 372 valence electrons. The van der Waals surface area contributed by atoms with E-state index < -0.39 is 0 Å². The van der Waals surface area contributed by atoms with Gasteiger partial charge in [-0.2, -0.15) is 12.1 Å². The smallest absolute Gasteiger partial charge is 0.135 e. The van der Waals surface area contributed by atoms with E-state index in [0.717, 1.165) is 89.3 Å². The quantitative estimate of drug-likeness (QED) is 0.135. The second-order valence-electron chi connectivity index (χ2n) is 21.4. The van der Waals surface area contributed by atoms with E-state index in [4.69, 9.17) is 9.72 Å². The second-order valence-corrected chi connectivity index (χ2v) is 21.4. The zero-order chi connectivity index (χ0) is 50.7. The largest absolute Gasteiger partial charge is 0.509 e. The molecular formula is C69H57N4OPt-3. The molecule has 0 N–H and O–H groups in total. The molecule has 0 radical (unpaired) electrons. The number of ether oxygens (including phenoxy) is 1. The summed E-state index contributed by atoms with van der Waals surface area (Å²) < 4.78 is 8.94. The van der Waals surface area contributed by atoms with Crippen molar-refractivity contribution >= 4 is 44.6 Å². The molecule has 0 unspecified atom stereocenters. The van der Waals surface area contributed by atoms with Crippen LogP contribution in [0.1, 0.15) is 58.2 Å². The van der Waals surface area contributed by atoms with Gasteiger partial charge in [0.1, 0.15) is 5.82 Å². The van der Waals surface area contributed by atoms with Crippen LogP contribution in [0.3, 0.4) is 0 Å². The van der Waals surface area contributed by atoms with Gasteiger partial charge in [0.25, 0.3) is 0 Å². The van der Waals surface area contributed by atoms with Crippen molar-refractivity contribution in [2.75, 3.05) is 9.80 Å². The molecule has 0 saturated carbocycles. The van der Waals surface area contributed by atoms with Crippen LogP contribution in [-0.4, -0.2) is 9.55 Å². The van der Waals surface area contributed by atoms with Crippen LogP contribution in [-0.2, 0) is 31.9 Å². The number of aryl methyl sites for hydroxylation is 1. The maximum atomic E-state index is 6.74. The van der Waals surface area contributed by atoms with Crippen molar-refractivity contribution in [3.63, 3.8) is 0 Å². The molecule has 75 heavy (non-hydrogen) atoms. The van der Waals surface area contributed by atoms with Crippen LogP contribution in [0.5, 0.6) is 11.5 Å². The van der Waals surface area contributed by atoms with E-state index in [1.165, 1.54) is 22.3 Å². The molecule has 9 aromatic carbocycles. The zero-order valence-corrected chi connectivity index (χ0v) is 45.6. The Kier molecular flexibility index (Phi) is 12.9. The first kappa shape index (κ1) is 49.2. The van der Waals surface area contributed by atoms with E-state index in [2.05, 4.69) is 270 Å². The van der Waals surface area contributed by atoms with Crippen LogP contribution in [0.15, 0.2) is 212 Å². The molecule has 0 bridgehead atoms. The van der Waals surface area contributed by atoms with Gasteiger partial charge >= 0.3 is 0 Å². The maximum absolute atomic E-state index is 6.74. The number of aromatic nitrogens is 2. The van der Waals surface area contributed by atoms with Crippen molar-refractivity contribution in [3.05, 3.63) is 248 Å². The van der Waals surface area contributed by atoms with Crippen LogP contribution in [0.25, 0.3) is 72.1 Å². The predicted molar refractivity (Wildman–Crippen MR) is 308 cm³/mol. The normalized spacial score (nSPS) is 12.5. The number of anilines is 4. The number of hydrogen-bond donors (Lipinski definition) is 0. The molecule has 1 aliphatic heterocycles. The van der Waals surface area contributed by atoms with Gasteiger partial charge in [-0.25, -0.2) is 4.98 Å². The topological polar surface area (TPSA) is 33.5 Å². The first-order chi connectivity index (χ1) is 35.9. The average Bonchev–Trinajstić information content (AvgIpc) is 3.98. The third kappa shape index (κ3) is 9.36. The number of rotatable bonds is 9. The van der Waals surface area contributed by atoms with Crippen molar-refractivity contribution in [3.8, 4) is 61.8 Å². The minimum atomic E-state index is 0. The Morgan fingerprint density at radius 2 is 1.04 bits per heavy atom. The van der Waals surface area contributed by atoms with Gasteiger partial charge in [-0.05, 0) is 98.0 Å². The SMILES string of the molecule is Cc1cc(-n2c3[c-]c(Oc4[c-]c(N5[CH-]N(c6c(-c7ccc(C(C)(C)C)cc7)cccc6-c6cccc(-c7ccccc7)c6)c6ccccc65)ccc4)ccc3c3ccccc32)ncc1-c1ccc(C(C)(C)C)cc1.[Pt]. The van der Waals surface area contributed by atoms with Crippen LogP contribution >= 0.6 is 0 Å².